The Balaban J connectivity index is 0.000000273. The van der Waals surface area contributed by atoms with E-state index in [9.17, 15) is 22.8 Å². The number of nitrogens with two attached hydrogens (primary N) is 1. The van der Waals surface area contributed by atoms with Crippen LogP contribution in [0.5, 0.6) is 0 Å². The van der Waals surface area contributed by atoms with Crippen molar-refractivity contribution in [2.45, 2.75) is 46.2 Å². The number of hydrogen-bond acceptors (Lipinski definition) is 6. The monoisotopic (exact) mass is 530 g/mol. The van der Waals surface area contributed by atoms with Gasteiger partial charge in [0.05, 0.1) is 29.8 Å². The summed E-state index contributed by atoms with van der Waals surface area (Å²) in [5, 5.41) is 2.59. The van der Waals surface area contributed by atoms with Crippen LogP contribution in [-0.4, -0.2) is 35.0 Å². The Hall–Kier alpha value is -3.95. The second-order valence-corrected chi connectivity index (χ2v) is 8.84. The number of hydrogen-bond donors (Lipinski definition) is 2. The second kappa shape index (κ2) is 14.7. The van der Waals surface area contributed by atoms with Gasteiger partial charge in [0, 0.05) is 24.5 Å². The maximum Gasteiger partial charge on any atom is 0.417 e. The van der Waals surface area contributed by atoms with Crippen molar-refractivity contribution < 1.29 is 27.5 Å². The Kier molecular flexibility index (Phi) is 11.7. The number of nitrogens with one attached hydrogen (secondary N) is 1. The molecule has 0 aliphatic heterocycles. The number of anilines is 1. The van der Waals surface area contributed by atoms with Gasteiger partial charge in [-0.1, -0.05) is 38.1 Å². The van der Waals surface area contributed by atoms with E-state index in [0.717, 1.165) is 30.7 Å². The summed E-state index contributed by atoms with van der Waals surface area (Å²) in [5.74, 6) is 0.388. The average Bonchev–Trinajstić information content (AvgIpc) is 2.88. The van der Waals surface area contributed by atoms with Crippen molar-refractivity contribution in [1.29, 1.82) is 0 Å². The van der Waals surface area contributed by atoms with Crippen LogP contribution in [0.2, 0.25) is 0 Å². The first-order valence-corrected chi connectivity index (χ1v) is 12.3. The van der Waals surface area contributed by atoms with Gasteiger partial charge in [-0.25, -0.2) is 4.98 Å². The maximum atomic E-state index is 12.5. The topological polar surface area (TPSA) is 107 Å². The van der Waals surface area contributed by atoms with E-state index >= 15 is 0 Å². The summed E-state index contributed by atoms with van der Waals surface area (Å²) in [7, 11) is 0. The van der Waals surface area contributed by atoms with Gasteiger partial charge in [-0.3, -0.25) is 14.6 Å². The van der Waals surface area contributed by atoms with Crippen molar-refractivity contribution in [3.8, 4) is 11.3 Å². The third-order valence-electron chi connectivity index (χ3n) is 5.32. The fraction of sp³-hybridized carbons (Fsp3) is 0.357. The van der Waals surface area contributed by atoms with E-state index in [1.807, 2.05) is 24.3 Å². The molecule has 10 heteroatoms. The summed E-state index contributed by atoms with van der Waals surface area (Å²) in [5.41, 5.74) is 7.70. The van der Waals surface area contributed by atoms with Gasteiger partial charge in [0.2, 0.25) is 0 Å². The molecule has 38 heavy (non-hydrogen) atoms. The van der Waals surface area contributed by atoms with E-state index in [4.69, 9.17) is 10.5 Å². The first-order valence-electron chi connectivity index (χ1n) is 12.3. The Morgan fingerprint density at radius 3 is 2.24 bits per heavy atom. The molecule has 0 saturated heterocycles. The van der Waals surface area contributed by atoms with Crippen molar-refractivity contribution in [3.63, 3.8) is 0 Å². The SMILES string of the molecule is CC(C)CCc1ccc(-c2ccc(C(F)(F)F)cn2)cc1.CCOC(=O)CCNC(=O)c1ccc(N)nc1. The number of carbonyl (C=O) groups excluding carboxylic acids is 2. The molecule has 0 aliphatic rings. The summed E-state index contributed by atoms with van der Waals surface area (Å²) < 4.78 is 42.2. The lowest BCUT2D eigenvalue weighted by molar-refractivity contribution is -0.143. The quantitative estimate of drug-likeness (QED) is 0.344. The fourth-order valence-electron chi connectivity index (χ4n) is 3.18. The lowest BCUT2D eigenvalue weighted by Crippen LogP contribution is -2.26. The number of aryl methyl sites for hydroxylation is 1. The minimum Gasteiger partial charge on any atom is -0.466 e. The number of carbonyl (C=O) groups is 2. The molecule has 0 fully saturated rings. The smallest absolute Gasteiger partial charge is 0.417 e. The normalized spacial score (nSPS) is 10.9. The summed E-state index contributed by atoms with van der Waals surface area (Å²) in [4.78, 5) is 30.3. The molecule has 7 nitrogen and oxygen atoms in total. The standard InChI is InChI=1S/C17H18F3N.C11H15N3O3/c1-12(2)3-4-13-5-7-14(8-6-13)16-10-9-15(11-21-16)17(18,19)20;1-2-17-10(15)5-6-13-11(16)8-3-4-9(12)14-7-8/h5-12H,3-4H2,1-2H3;3-4,7H,2,5-6H2,1H3,(H2,12,14)(H,13,16). The van der Waals surface area contributed by atoms with Gasteiger partial charge in [-0.05, 0) is 55.5 Å². The number of halogens is 3. The highest BCUT2D eigenvalue weighted by Crippen LogP contribution is 2.29. The number of pyridine rings is 2. The van der Waals surface area contributed by atoms with E-state index in [1.165, 1.54) is 17.8 Å². The number of nitrogens with zero attached hydrogens (tertiary/aromatic N) is 2. The molecule has 1 aromatic carbocycles. The Morgan fingerprint density at radius 1 is 1.00 bits per heavy atom. The number of aromatic nitrogens is 2. The highest BCUT2D eigenvalue weighted by molar-refractivity contribution is 5.94. The number of amides is 1. The molecule has 0 unspecified atom stereocenters. The molecule has 1 amide bonds. The molecule has 0 radical (unpaired) electrons. The van der Waals surface area contributed by atoms with Gasteiger partial charge < -0.3 is 15.8 Å². The molecule has 3 aromatic rings. The Bertz CT molecular complexity index is 1150. The highest BCUT2D eigenvalue weighted by Gasteiger charge is 2.30. The molecular weight excluding hydrogens is 497 g/mol. The van der Waals surface area contributed by atoms with Crippen molar-refractivity contribution in [3.05, 3.63) is 77.6 Å². The lowest BCUT2D eigenvalue weighted by Gasteiger charge is -2.08. The zero-order valence-electron chi connectivity index (χ0n) is 21.7. The van der Waals surface area contributed by atoms with Crippen molar-refractivity contribution in [1.82, 2.24) is 15.3 Å². The molecule has 0 aliphatic carbocycles. The largest absolute Gasteiger partial charge is 0.466 e. The molecule has 3 rings (SSSR count). The van der Waals surface area contributed by atoms with Crippen molar-refractivity contribution in [2.75, 3.05) is 18.9 Å². The summed E-state index contributed by atoms with van der Waals surface area (Å²) >= 11 is 0. The zero-order valence-corrected chi connectivity index (χ0v) is 21.7. The van der Waals surface area contributed by atoms with E-state index in [1.54, 1.807) is 19.1 Å². The predicted molar refractivity (Wildman–Crippen MR) is 140 cm³/mol. The molecule has 2 aromatic heterocycles. The highest BCUT2D eigenvalue weighted by atomic mass is 19.4. The minimum absolute atomic E-state index is 0.155. The van der Waals surface area contributed by atoms with Crippen molar-refractivity contribution in [2.24, 2.45) is 5.92 Å². The molecule has 0 saturated carbocycles. The van der Waals surface area contributed by atoms with Crippen LogP contribution in [0, 0.1) is 5.92 Å². The van der Waals surface area contributed by atoms with E-state index in [0.29, 0.717) is 29.6 Å². The first-order chi connectivity index (χ1) is 18.0. The lowest BCUT2D eigenvalue weighted by atomic mass is 10.0. The number of ether oxygens (including phenoxy) is 1. The molecular formula is C28H33F3N4O3. The maximum absolute atomic E-state index is 12.5. The number of alkyl halides is 3. The van der Waals surface area contributed by atoms with Crippen LogP contribution in [-0.2, 0) is 22.1 Å². The number of rotatable bonds is 9. The zero-order chi connectivity index (χ0) is 28.1. The Morgan fingerprint density at radius 2 is 1.71 bits per heavy atom. The van der Waals surface area contributed by atoms with Crippen LogP contribution in [0.25, 0.3) is 11.3 Å². The predicted octanol–water partition coefficient (Wildman–Crippen LogP) is 5.70. The number of nitrogen functional groups attached to an aromatic ring is 1. The second-order valence-electron chi connectivity index (χ2n) is 8.84. The van der Waals surface area contributed by atoms with Crippen LogP contribution >= 0.6 is 0 Å². The van der Waals surface area contributed by atoms with Crippen LogP contribution in [0.3, 0.4) is 0 Å². The molecule has 2 heterocycles. The van der Waals surface area contributed by atoms with Crippen LogP contribution in [0.4, 0.5) is 19.0 Å². The molecule has 0 atom stereocenters. The van der Waals surface area contributed by atoms with Gasteiger partial charge in [0.15, 0.2) is 0 Å². The van der Waals surface area contributed by atoms with Crippen LogP contribution in [0.15, 0.2) is 60.9 Å². The number of esters is 1. The van der Waals surface area contributed by atoms with Crippen molar-refractivity contribution >= 4 is 17.7 Å². The molecule has 0 spiro atoms. The van der Waals surface area contributed by atoms with Gasteiger partial charge in [-0.2, -0.15) is 13.2 Å². The van der Waals surface area contributed by atoms with E-state index < -0.39 is 11.7 Å². The number of benzene rings is 1. The molecule has 204 valence electrons. The average molecular weight is 531 g/mol. The van der Waals surface area contributed by atoms with Crippen LogP contribution < -0.4 is 11.1 Å². The van der Waals surface area contributed by atoms with Gasteiger partial charge in [-0.15, -0.1) is 0 Å². The van der Waals surface area contributed by atoms with Crippen LogP contribution in [0.1, 0.15) is 55.1 Å². The van der Waals surface area contributed by atoms with Gasteiger partial charge in [0.25, 0.3) is 5.91 Å². The van der Waals surface area contributed by atoms with E-state index in [-0.39, 0.29) is 24.8 Å². The first kappa shape index (κ1) is 30.3. The van der Waals surface area contributed by atoms with Gasteiger partial charge >= 0.3 is 12.1 Å². The Labute approximate surface area is 220 Å². The van der Waals surface area contributed by atoms with E-state index in [2.05, 4.69) is 29.1 Å². The summed E-state index contributed by atoms with van der Waals surface area (Å²) in [6.45, 7) is 6.67. The summed E-state index contributed by atoms with van der Waals surface area (Å²) in [6.07, 6.45) is 0.210. The molecule has 0 bridgehead atoms. The third kappa shape index (κ3) is 10.6. The summed E-state index contributed by atoms with van der Waals surface area (Å²) in [6, 6.07) is 13.4. The fourth-order valence-corrected chi connectivity index (χ4v) is 3.18. The van der Waals surface area contributed by atoms with Gasteiger partial charge in [0.1, 0.15) is 5.82 Å². The molecule has 3 N–H and O–H groups in total. The third-order valence-corrected chi connectivity index (χ3v) is 5.32. The minimum atomic E-state index is -4.34.